The highest BCUT2D eigenvalue weighted by molar-refractivity contribution is 5.91. The minimum absolute atomic E-state index is 0.00200. The van der Waals surface area contributed by atoms with Gasteiger partial charge in [-0.1, -0.05) is 6.07 Å². The van der Waals surface area contributed by atoms with Gasteiger partial charge in [0.2, 0.25) is 5.91 Å². The van der Waals surface area contributed by atoms with Crippen LogP contribution in [0.1, 0.15) is 24.8 Å². The van der Waals surface area contributed by atoms with Crippen LogP contribution in [0.25, 0.3) is 0 Å². The van der Waals surface area contributed by atoms with Gasteiger partial charge in [0.15, 0.2) is 0 Å². The summed E-state index contributed by atoms with van der Waals surface area (Å²) in [6, 6.07) is 5.26. The number of nitrogens with one attached hydrogen (secondary N) is 2. The predicted molar refractivity (Wildman–Crippen MR) is 94.2 cm³/mol. The van der Waals surface area contributed by atoms with E-state index in [9.17, 15) is 19.5 Å². The van der Waals surface area contributed by atoms with E-state index < -0.39 is 17.4 Å². The van der Waals surface area contributed by atoms with E-state index in [1.807, 2.05) is 19.1 Å². The molecule has 3 rings (SSSR count). The molecule has 0 aromatic heterocycles. The fourth-order valence-corrected chi connectivity index (χ4v) is 3.82. The molecule has 2 aliphatic rings. The minimum atomic E-state index is -0.967. The molecule has 1 spiro atoms. The molecule has 140 valence electrons. The second-order valence-electron chi connectivity index (χ2n) is 6.92. The van der Waals surface area contributed by atoms with Crippen molar-refractivity contribution >= 4 is 23.6 Å². The monoisotopic (exact) mass is 361 g/mol. The Kier molecular flexibility index (Phi) is 4.76. The lowest BCUT2D eigenvalue weighted by atomic mass is 9.78. The van der Waals surface area contributed by atoms with Gasteiger partial charge in [0, 0.05) is 19.5 Å². The van der Waals surface area contributed by atoms with Gasteiger partial charge in [0.25, 0.3) is 0 Å². The molecule has 8 nitrogen and oxygen atoms in total. The molecule has 3 N–H and O–H groups in total. The maximum absolute atomic E-state index is 12.6. The van der Waals surface area contributed by atoms with E-state index in [4.69, 9.17) is 4.74 Å². The van der Waals surface area contributed by atoms with Gasteiger partial charge in [-0.05, 0) is 37.5 Å². The lowest BCUT2D eigenvalue weighted by molar-refractivity contribution is -0.144. The number of methoxy groups -OCH3 is 1. The maximum atomic E-state index is 12.6. The second-order valence-corrected chi connectivity index (χ2v) is 6.92. The van der Waals surface area contributed by atoms with Crippen molar-refractivity contribution in [2.45, 2.75) is 31.7 Å². The molecule has 0 radical (unpaired) electrons. The highest BCUT2D eigenvalue weighted by atomic mass is 16.5. The summed E-state index contributed by atoms with van der Waals surface area (Å²) >= 11 is 0. The molecular formula is C18H23N3O5. The minimum Gasteiger partial charge on any atom is -0.495 e. The fourth-order valence-electron chi connectivity index (χ4n) is 3.82. The standard InChI is InChI=1S/C18H23N3O5/c1-11-3-4-14(26-2)13(9-11)19-17(25)21-7-5-18(6-8-21)12(16(23)24)10-15(22)20-18/h3-4,9,12H,5-8,10H2,1-2H3,(H,19,25)(H,20,22)(H,23,24)/t12-/m0/s1. The zero-order valence-corrected chi connectivity index (χ0v) is 14.9. The van der Waals surface area contributed by atoms with Gasteiger partial charge in [0.1, 0.15) is 5.75 Å². The summed E-state index contributed by atoms with van der Waals surface area (Å²) in [7, 11) is 1.54. The number of piperidine rings is 1. The van der Waals surface area contributed by atoms with E-state index in [2.05, 4.69) is 10.6 Å². The third kappa shape index (κ3) is 3.31. The topological polar surface area (TPSA) is 108 Å². The van der Waals surface area contributed by atoms with Crippen molar-refractivity contribution in [1.82, 2.24) is 10.2 Å². The first-order chi connectivity index (χ1) is 12.3. The molecule has 0 aliphatic carbocycles. The number of carbonyl (C=O) groups excluding carboxylic acids is 2. The second kappa shape index (κ2) is 6.86. The van der Waals surface area contributed by atoms with Crippen LogP contribution >= 0.6 is 0 Å². The van der Waals surface area contributed by atoms with Crippen LogP contribution in [-0.4, -0.2) is 53.7 Å². The Morgan fingerprint density at radius 2 is 2.04 bits per heavy atom. The Morgan fingerprint density at radius 3 is 2.65 bits per heavy atom. The molecule has 1 aromatic carbocycles. The summed E-state index contributed by atoms with van der Waals surface area (Å²) in [5, 5.41) is 15.1. The highest BCUT2D eigenvalue weighted by Crippen LogP contribution is 2.37. The fraction of sp³-hybridized carbons (Fsp3) is 0.500. The average Bonchev–Trinajstić information content (AvgIpc) is 2.92. The van der Waals surface area contributed by atoms with Crippen molar-refractivity contribution in [3.63, 3.8) is 0 Å². The van der Waals surface area contributed by atoms with Crippen LogP contribution < -0.4 is 15.4 Å². The van der Waals surface area contributed by atoms with Crippen molar-refractivity contribution in [2.75, 3.05) is 25.5 Å². The number of nitrogens with zero attached hydrogens (tertiary/aromatic N) is 1. The number of likely N-dealkylation sites (tertiary alicyclic amines) is 1. The number of aliphatic carboxylic acids is 1. The Balaban J connectivity index is 1.67. The third-order valence-corrected chi connectivity index (χ3v) is 5.28. The summed E-state index contributed by atoms with van der Waals surface area (Å²) in [6.45, 7) is 2.68. The van der Waals surface area contributed by atoms with Crippen molar-refractivity contribution in [2.24, 2.45) is 5.92 Å². The van der Waals surface area contributed by atoms with Crippen LogP contribution in [0.3, 0.4) is 0 Å². The molecule has 0 bridgehead atoms. The van der Waals surface area contributed by atoms with Gasteiger partial charge >= 0.3 is 12.0 Å². The van der Waals surface area contributed by atoms with Gasteiger partial charge in [-0.3, -0.25) is 9.59 Å². The number of rotatable bonds is 3. The Hall–Kier alpha value is -2.77. The van der Waals surface area contributed by atoms with Gasteiger partial charge in [-0.25, -0.2) is 4.79 Å². The molecular weight excluding hydrogens is 338 g/mol. The number of carbonyl (C=O) groups is 3. The molecule has 2 saturated heterocycles. The van der Waals surface area contributed by atoms with Crippen LogP contribution in [-0.2, 0) is 9.59 Å². The van der Waals surface area contributed by atoms with E-state index >= 15 is 0 Å². The maximum Gasteiger partial charge on any atom is 0.321 e. The molecule has 2 aliphatic heterocycles. The van der Waals surface area contributed by atoms with E-state index in [-0.39, 0.29) is 18.4 Å². The van der Waals surface area contributed by atoms with Crippen molar-refractivity contribution in [1.29, 1.82) is 0 Å². The molecule has 2 fully saturated rings. The van der Waals surface area contributed by atoms with Crippen LogP contribution in [0.4, 0.5) is 10.5 Å². The molecule has 3 amide bonds. The van der Waals surface area contributed by atoms with Crippen LogP contribution in [0.15, 0.2) is 18.2 Å². The van der Waals surface area contributed by atoms with Gasteiger partial charge in [-0.2, -0.15) is 0 Å². The van der Waals surface area contributed by atoms with Gasteiger partial charge in [0.05, 0.1) is 24.3 Å². The van der Waals surface area contributed by atoms with E-state index in [0.717, 1.165) is 5.56 Å². The van der Waals surface area contributed by atoms with Crippen LogP contribution in [0.2, 0.25) is 0 Å². The lowest BCUT2D eigenvalue weighted by Gasteiger charge is -2.41. The molecule has 8 heteroatoms. The number of amides is 3. The van der Waals surface area contributed by atoms with E-state index in [0.29, 0.717) is 37.4 Å². The van der Waals surface area contributed by atoms with Crippen molar-refractivity contribution < 1.29 is 24.2 Å². The molecule has 1 aromatic rings. The molecule has 2 heterocycles. The van der Waals surface area contributed by atoms with Gasteiger partial charge < -0.3 is 25.4 Å². The lowest BCUT2D eigenvalue weighted by Crippen LogP contribution is -2.57. The number of carboxylic acids is 1. The third-order valence-electron chi connectivity index (χ3n) is 5.28. The zero-order valence-electron chi connectivity index (χ0n) is 14.9. The summed E-state index contributed by atoms with van der Waals surface area (Å²) in [4.78, 5) is 37.4. The summed E-state index contributed by atoms with van der Waals surface area (Å²) < 4.78 is 5.27. The highest BCUT2D eigenvalue weighted by Gasteiger charge is 2.52. The summed E-state index contributed by atoms with van der Waals surface area (Å²) in [5.74, 6) is -1.37. The molecule has 1 atom stereocenters. The largest absolute Gasteiger partial charge is 0.495 e. The van der Waals surface area contributed by atoms with Crippen molar-refractivity contribution in [3.8, 4) is 5.75 Å². The number of urea groups is 1. The normalized spacial score (nSPS) is 21.4. The molecule has 26 heavy (non-hydrogen) atoms. The van der Waals surface area contributed by atoms with E-state index in [1.165, 1.54) is 0 Å². The Bertz CT molecular complexity index is 740. The number of anilines is 1. The van der Waals surface area contributed by atoms with Crippen LogP contribution in [0.5, 0.6) is 5.75 Å². The Labute approximate surface area is 151 Å². The Morgan fingerprint density at radius 1 is 1.35 bits per heavy atom. The number of ether oxygens (including phenoxy) is 1. The summed E-state index contributed by atoms with van der Waals surface area (Å²) in [5.41, 5.74) is 0.841. The number of hydrogen-bond acceptors (Lipinski definition) is 4. The molecule has 0 saturated carbocycles. The first-order valence-electron chi connectivity index (χ1n) is 8.59. The van der Waals surface area contributed by atoms with E-state index in [1.54, 1.807) is 18.1 Å². The van der Waals surface area contributed by atoms with Gasteiger partial charge in [-0.15, -0.1) is 0 Å². The molecule has 0 unspecified atom stereocenters. The smallest absolute Gasteiger partial charge is 0.321 e. The first kappa shape index (κ1) is 18.0. The number of carboxylic acid groups (broad SMARTS) is 1. The van der Waals surface area contributed by atoms with Crippen LogP contribution in [0, 0.1) is 12.8 Å². The zero-order chi connectivity index (χ0) is 18.9. The van der Waals surface area contributed by atoms with Crippen molar-refractivity contribution in [3.05, 3.63) is 23.8 Å². The first-order valence-corrected chi connectivity index (χ1v) is 8.59. The average molecular weight is 361 g/mol. The number of benzene rings is 1. The number of hydrogen-bond donors (Lipinski definition) is 3. The SMILES string of the molecule is COc1ccc(C)cc1NC(=O)N1CCC2(CC1)NC(=O)C[C@H]2C(=O)O. The predicted octanol–water partition coefficient (Wildman–Crippen LogP) is 1.59. The summed E-state index contributed by atoms with van der Waals surface area (Å²) in [6.07, 6.45) is 0.851. The number of aryl methyl sites for hydroxylation is 1. The quantitative estimate of drug-likeness (QED) is 0.758.